The number of anilines is 2. The zero-order valence-electron chi connectivity index (χ0n) is 11.3. The van der Waals surface area contributed by atoms with Gasteiger partial charge < -0.3 is 15.5 Å². The van der Waals surface area contributed by atoms with Crippen molar-refractivity contribution < 1.29 is 9.21 Å². The van der Waals surface area contributed by atoms with Crippen LogP contribution in [0.3, 0.4) is 0 Å². The lowest BCUT2D eigenvalue weighted by atomic mass is 10.1. The maximum absolute atomic E-state index is 12.2. The number of halogens is 1. The Morgan fingerprint density at radius 2 is 1.91 bits per heavy atom. The van der Waals surface area contributed by atoms with E-state index in [1.165, 1.54) is 12.1 Å². The molecule has 0 aliphatic carbocycles. The Kier molecular flexibility index (Phi) is 3.56. The summed E-state index contributed by atoms with van der Waals surface area (Å²) in [5, 5.41) is 3.66. The normalized spacial score (nSPS) is 10.6. The fraction of sp³-hybridized carbons (Fsp3) is 0. The van der Waals surface area contributed by atoms with Crippen molar-refractivity contribution in [3.05, 3.63) is 69.5 Å². The van der Waals surface area contributed by atoms with E-state index < -0.39 is 11.5 Å². The van der Waals surface area contributed by atoms with E-state index in [0.29, 0.717) is 27.4 Å². The van der Waals surface area contributed by atoms with Gasteiger partial charge in [-0.3, -0.25) is 4.79 Å². The average molecular weight is 315 g/mol. The number of para-hydroxylation sites is 1. The van der Waals surface area contributed by atoms with Crippen molar-refractivity contribution in [3.8, 4) is 0 Å². The highest BCUT2D eigenvalue weighted by Crippen LogP contribution is 2.22. The van der Waals surface area contributed by atoms with Crippen LogP contribution in [0.4, 0.5) is 11.4 Å². The van der Waals surface area contributed by atoms with E-state index in [2.05, 4.69) is 5.32 Å². The number of benzene rings is 2. The first-order chi connectivity index (χ1) is 10.5. The number of nitrogens with two attached hydrogens (primary N) is 1. The van der Waals surface area contributed by atoms with E-state index in [1.54, 1.807) is 36.4 Å². The lowest BCUT2D eigenvalue weighted by Crippen LogP contribution is -2.20. The highest BCUT2D eigenvalue weighted by molar-refractivity contribution is 6.33. The minimum absolute atomic E-state index is 0.0766. The van der Waals surface area contributed by atoms with Crippen molar-refractivity contribution in [1.29, 1.82) is 0 Å². The molecule has 1 amide bonds. The SMILES string of the molecule is Nc1cc(NC(=O)c2cc3ccccc3oc2=O)ccc1Cl. The molecule has 3 N–H and O–H groups in total. The third-order valence-corrected chi connectivity index (χ3v) is 3.48. The van der Waals surface area contributed by atoms with Gasteiger partial charge in [0.1, 0.15) is 11.1 Å². The molecule has 0 fully saturated rings. The summed E-state index contributed by atoms with van der Waals surface area (Å²) in [7, 11) is 0. The first-order valence-electron chi connectivity index (χ1n) is 6.44. The fourth-order valence-electron chi connectivity index (χ4n) is 2.04. The second kappa shape index (κ2) is 5.54. The molecule has 1 heterocycles. The molecule has 110 valence electrons. The molecule has 6 heteroatoms. The second-order valence-corrected chi connectivity index (χ2v) is 5.08. The van der Waals surface area contributed by atoms with Gasteiger partial charge in [0, 0.05) is 11.1 Å². The molecule has 0 saturated carbocycles. The van der Waals surface area contributed by atoms with Crippen LogP contribution in [0.15, 0.2) is 57.7 Å². The molecule has 0 spiro atoms. The average Bonchev–Trinajstić information content (AvgIpc) is 2.50. The molecule has 0 radical (unpaired) electrons. The minimum Gasteiger partial charge on any atom is -0.422 e. The first-order valence-corrected chi connectivity index (χ1v) is 6.81. The van der Waals surface area contributed by atoms with Gasteiger partial charge in [-0.05, 0) is 30.3 Å². The van der Waals surface area contributed by atoms with E-state index in [9.17, 15) is 9.59 Å². The Hall–Kier alpha value is -2.79. The number of carbonyl (C=O) groups excluding carboxylic acids is 1. The number of amides is 1. The van der Waals surface area contributed by atoms with Crippen LogP contribution in [0.25, 0.3) is 11.0 Å². The van der Waals surface area contributed by atoms with Crippen LogP contribution in [-0.2, 0) is 0 Å². The summed E-state index contributed by atoms with van der Waals surface area (Å²) in [4.78, 5) is 24.1. The van der Waals surface area contributed by atoms with Crippen molar-refractivity contribution >= 4 is 39.9 Å². The summed E-state index contributed by atoms with van der Waals surface area (Å²) in [5.74, 6) is -0.568. The van der Waals surface area contributed by atoms with Crippen molar-refractivity contribution in [2.24, 2.45) is 0 Å². The molecule has 2 aromatic carbocycles. The largest absolute Gasteiger partial charge is 0.422 e. The van der Waals surface area contributed by atoms with Gasteiger partial charge in [0.2, 0.25) is 0 Å². The molecule has 0 saturated heterocycles. The van der Waals surface area contributed by atoms with Crippen LogP contribution in [-0.4, -0.2) is 5.91 Å². The third-order valence-electron chi connectivity index (χ3n) is 3.14. The number of rotatable bonds is 2. The van der Waals surface area contributed by atoms with Crippen LogP contribution in [0, 0.1) is 0 Å². The lowest BCUT2D eigenvalue weighted by molar-refractivity contribution is 0.102. The Morgan fingerprint density at radius 1 is 1.14 bits per heavy atom. The maximum Gasteiger partial charge on any atom is 0.349 e. The number of hydrogen-bond donors (Lipinski definition) is 2. The Bertz CT molecular complexity index is 934. The molecule has 0 unspecified atom stereocenters. The predicted molar refractivity (Wildman–Crippen MR) is 86.3 cm³/mol. The van der Waals surface area contributed by atoms with Crippen LogP contribution in [0.2, 0.25) is 5.02 Å². The maximum atomic E-state index is 12.2. The highest BCUT2D eigenvalue weighted by Gasteiger charge is 2.14. The number of fused-ring (bicyclic) bond motifs is 1. The summed E-state index contributed by atoms with van der Waals surface area (Å²) in [6, 6.07) is 13.1. The van der Waals surface area contributed by atoms with Gasteiger partial charge in [0.15, 0.2) is 0 Å². The molecule has 5 nitrogen and oxygen atoms in total. The summed E-state index contributed by atoms with van der Waals surface area (Å²) in [5.41, 5.74) is 6.12. The Balaban J connectivity index is 1.96. The van der Waals surface area contributed by atoms with Gasteiger partial charge in [0.05, 0.1) is 10.7 Å². The van der Waals surface area contributed by atoms with Crippen molar-refractivity contribution in [2.45, 2.75) is 0 Å². The molecular weight excluding hydrogens is 304 g/mol. The van der Waals surface area contributed by atoms with E-state index in [0.717, 1.165) is 0 Å². The summed E-state index contributed by atoms with van der Waals surface area (Å²) >= 11 is 5.82. The molecule has 1 aromatic heterocycles. The molecule has 0 bridgehead atoms. The third kappa shape index (κ3) is 2.66. The summed E-state index contributed by atoms with van der Waals surface area (Å²) in [6.07, 6.45) is 0. The number of carbonyl (C=O) groups is 1. The Morgan fingerprint density at radius 3 is 2.68 bits per heavy atom. The van der Waals surface area contributed by atoms with Crippen LogP contribution < -0.4 is 16.7 Å². The zero-order chi connectivity index (χ0) is 15.7. The van der Waals surface area contributed by atoms with Gasteiger partial charge in [-0.15, -0.1) is 0 Å². The molecule has 0 atom stereocenters. The molecule has 0 aliphatic rings. The van der Waals surface area contributed by atoms with E-state index >= 15 is 0 Å². The molecule has 3 aromatic rings. The van der Waals surface area contributed by atoms with Gasteiger partial charge in [-0.25, -0.2) is 4.79 Å². The lowest BCUT2D eigenvalue weighted by Gasteiger charge is -2.06. The quantitative estimate of drug-likeness (QED) is 0.561. The number of nitrogen functional groups attached to an aromatic ring is 1. The van der Waals surface area contributed by atoms with Crippen LogP contribution in [0.5, 0.6) is 0 Å². The van der Waals surface area contributed by atoms with Gasteiger partial charge >= 0.3 is 5.63 Å². The second-order valence-electron chi connectivity index (χ2n) is 4.68. The van der Waals surface area contributed by atoms with E-state index in [1.807, 2.05) is 0 Å². The van der Waals surface area contributed by atoms with E-state index in [-0.39, 0.29) is 5.56 Å². The molecule has 22 heavy (non-hydrogen) atoms. The summed E-state index contributed by atoms with van der Waals surface area (Å²) < 4.78 is 5.13. The van der Waals surface area contributed by atoms with Gasteiger partial charge in [-0.1, -0.05) is 29.8 Å². The van der Waals surface area contributed by atoms with Gasteiger partial charge in [0.25, 0.3) is 5.91 Å². The van der Waals surface area contributed by atoms with Gasteiger partial charge in [-0.2, -0.15) is 0 Å². The van der Waals surface area contributed by atoms with Crippen LogP contribution >= 0.6 is 11.6 Å². The Labute approximate surface area is 130 Å². The fourth-order valence-corrected chi connectivity index (χ4v) is 2.16. The van der Waals surface area contributed by atoms with Crippen molar-refractivity contribution in [3.63, 3.8) is 0 Å². The van der Waals surface area contributed by atoms with E-state index in [4.69, 9.17) is 21.8 Å². The smallest absolute Gasteiger partial charge is 0.349 e. The monoisotopic (exact) mass is 314 g/mol. The number of nitrogens with one attached hydrogen (secondary N) is 1. The molecular formula is C16H11ClN2O3. The van der Waals surface area contributed by atoms with Crippen LogP contribution in [0.1, 0.15) is 10.4 Å². The predicted octanol–water partition coefficient (Wildman–Crippen LogP) is 3.28. The standard InChI is InChI=1S/C16H11ClN2O3/c17-12-6-5-10(8-13(12)18)19-15(20)11-7-9-3-1-2-4-14(9)22-16(11)21/h1-8H,18H2,(H,19,20). The highest BCUT2D eigenvalue weighted by atomic mass is 35.5. The minimum atomic E-state index is -0.696. The zero-order valence-corrected chi connectivity index (χ0v) is 12.1. The summed E-state index contributed by atoms with van der Waals surface area (Å²) in [6.45, 7) is 0. The van der Waals surface area contributed by atoms with Crippen molar-refractivity contribution in [1.82, 2.24) is 0 Å². The molecule has 0 aliphatic heterocycles. The topological polar surface area (TPSA) is 85.3 Å². The molecule has 3 rings (SSSR count). The number of hydrogen-bond acceptors (Lipinski definition) is 4. The first kappa shape index (κ1) is 14.2. The van der Waals surface area contributed by atoms with Crippen molar-refractivity contribution in [2.75, 3.05) is 11.1 Å².